The number of β-amino-alcohol motifs (C(OH)–C–C–N with tert-alkyl or cyclic N) is 1. The van der Waals surface area contributed by atoms with Gasteiger partial charge < -0.3 is 15.1 Å². The minimum absolute atomic E-state index is 0.200. The summed E-state index contributed by atoms with van der Waals surface area (Å²) >= 11 is 0. The van der Waals surface area contributed by atoms with Gasteiger partial charge in [0.25, 0.3) is 0 Å². The predicted molar refractivity (Wildman–Crippen MR) is 48.5 cm³/mol. The number of rotatable bonds is 5. The fraction of sp³-hybridized carbons (Fsp3) is 0.889. The molecule has 0 amide bonds. The van der Waals surface area contributed by atoms with Gasteiger partial charge in [-0.2, -0.15) is 0 Å². The normalized spacial score (nSPS) is 23.6. The van der Waals surface area contributed by atoms with Gasteiger partial charge in [0.15, 0.2) is 0 Å². The monoisotopic (exact) mass is 187 g/mol. The minimum atomic E-state index is -0.708. The van der Waals surface area contributed by atoms with E-state index in [9.17, 15) is 4.79 Å². The standard InChI is InChI=1S/C9H17NO3/c11-6-5-10-4-3-8(7-10)1-2-9(12)13/h8,11H,1-7H2,(H,12,13). The lowest BCUT2D eigenvalue weighted by Gasteiger charge is -2.13. The molecule has 1 unspecified atom stereocenters. The van der Waals surface area contributed by atoms with Crippen molar-refractivity contribution in [3.63, 3.8) is 0 Å². The summed E-state index contributed by atoms with van der Waals surface area (Å²) in [5, 5.41) is 17.2. The van der Waals surface area contributed by atoms with Gasteiger partial charge in [-0.1, -0.05) is 0 Å². The molecule has 1 saturated heterocycles. The number of carbonyl (C=O) groups is 1. The first-order valence-corrected chi connectivity index (χ1v) is 4.77. The van der Waals surface area contributed by atoms with Crippen molar-refractivity contribution in [2.24, 2.45) is 5.92 Å². The summed E-state index contributed by atoms with van der Waals surface area (Å²) in [6, 6.07) is 0. The molecule has 0 aromatic heterocycles. The van der Waals surface area contributed by atoms with Gasteiger partial charge >= 0.3 is 5.97 Å². The topological polar surface area (TPSA) is 60.8 Å². The highest BCUT2D eigenvalue weighted by Gasteiger charge is 2.21. The molecule has 1 aliphatic heterocycles. The van der Waals surface area contributed by atoms with E-state index in [2.05, 4.69) is 4.90 Å². The molecule has 0 aromatic carbocycles. The Morgan fingerprint density at radius 1 is 1.54 bits per heavy atom. The van der Waals surface area contributed by atoms with Gasteiger partial charge in [-0.15, -0.1) is 0 Å². The highest BCUT2D eigenvalue weighted by Crippen LogP contribution is 2.20. The molecule has 0 aromatic rings. The van der Waals surface area contributed by atoms with Crippen molar-refractivity contribution >= 4 is 5.97 Å². The van der Waals surface area contributed by atoms with Crippen LogP contribution in [0, 0.1) is 5.92 Å². The van der Waals surface area contributed by atoms with Gasteiger partial charge in [0.1, 0.15) is 0 Å². The Balaban J connectivity index is 2.13. The van der Waals surface area contributed by atoms with Gasteiger partial charge in [-0.25, -0.2) is 0 Å². The highest BCUT2D eigenvalue weighted by atomic mass is 16.4. The molecule has 0 aliphatic carbocycles. The number of carboxylic acid groups (broad SMARTS) is 1. The molecule has 0 spiro atoms. The van der Waals surface area contributed by atoms with E-state index < -0.39 is 5.97 Å². The molecule has 0 bridgehead atoms. The SMILES string of the molecule is O=C(O)CCC1CCN(CCO)C1. The largest absolute Gasteiger partial charge is 0.481 e. The summed E-state index contributed by atoms with van der Waals surface area (Å²) in [7, 11) is 0. The van der Waals surface area contributed by atoms with E-state index in [0.29, 0.717) is 5.92 Å². The van der Waals surface area contributed by atoms with Crippen LogP contribution in [0.2, 0.25) is 0 Å². The number of hydrogen-bond donors (Lipinski definition) is 2. The van der Waals surface area contributed by atoms with E-state index in [-0.39, 0.29) is 13.0 Å². The van der Waals surface area contributed by atoms with Crippen LogP contribution >= 0.6 is 0 Å². The number of carboxylic acids is 1. The van der Waals surface area contributed by atoms with Crippen molar-refractivity contribution < 1.29 is 15.0 Å². The number of aliphatic hydroxyl groups is 1. The van der Waals surface area contributed by atoms with Crippen LogP contribution in [-0.2, 0) is 4.79 Å². The molecule has 76 valence electrons. The average Bonchev–Trinajstić information content (AvgIpc) is 2.50. The van der Waals surface area contributed by atoms with Gasteiger partial charge in [0.2, 0.25) is 0 Å². The Labute approximate surface area is 78.2 Å². The van der Waals surface area contributed by atoms with Crippen molar-refractivity contribution in [1.29, 1.82) is 0 Å². The van der Waals surface area contributed by atoms with Gasteiger partial charge in [-0.05, 0) is 25.3 Å². The first kappa shape index (κ1) is 10.5. The van der Waals surface area contributed by atoms with Crippen molar-refractivity contribution in [3.8, 4) is 0 Å². The summed E-state index contributed by atoms with van der Waals surface area (Å²) in [4.78, 5) is 12.5. The van der Waals surface area contributed by atoms with Crippen LogP contribution in [0.4, 0.5) is 0 Å². The molecule has 1 fully saturated rings. The summed E-state index contributed by atoms with van der Waals surface area (Å²) in [5.74, 6) is -0.191. The van der Waals surface area contributed by atoms with E-state index in [1.807, 2.05) is 0 Å². The quantitative estimate of drug-likeness (QED) is 0.644. The fourth-order valence-electron chi connectivity index (χ4n) is 1.82. The highest BCUT2D eigenvalue weighted by molar-refractivity contribution is 5.66. The van der Waals surface area contributed by atoms with Crippen LogP contribution < -0.4 is 0 Å². The second-order valence-electron chi connectivity index (χ2n) is 3.61. The van der Waals surface area contributed by atoms with Gasteiger partial charge in [0, 0.05) is 19.5 Å². The maximum Gasteiger partial charge on any atom is 0.303 e. The first-order chi connectivity index (χ1) is 6.22. The lowest BCUT2D eigenvalue weighted by Crippen LogP contribution is -2.24. The second kappa shape index (κ2) is 5.19. The van der Waals surface area contributed by atoms with Crippen molar-refractivity contribution in [1.82, 2.24) is 4.90 Å². The van der Waals surface area contributed by atoms with Crippen LogP contribution in [-0.4, -0.2) is 47.3 Å². The molecule has 1 atom stereocenters. The molecule has 2 N–H and O–H groups in total. The van der Waals surface area contributed by atoms with Crippen LogP contribution in [0.1, 0.15) is 19.3 Å². The molecule has 1 heterocycles. The molecule has 4 heteroatoms. The summed E-state index contributed by atoms with van der Waals surface area (Å²) < 4.78 is 0. The molecular formula is C9H17NO3. The van der Waals surface area contributed by atoms with Crippen LogP contribution in [0.25, 0.3) is 0 Å². The van der Waals surface area contributed by atoms with Crippen molar-refractivity contribution in [2.75, 3.05) is 26.2 Å². The van der Waals surface area contributed by atoms with E-state index >= 15 is 0 Å². The Bertz CT molecular complexity index is 172. The maximum absolute atomic E-state index is 10.3. The Hall–Kier alpha value is -0.610. The predicted octanol–water partition coefficient (Wildman–Crippen LogP) is 0.165. The Morgan fingerprint density at radius 2 is 2.31 bits per heavy atom. The van der Waals surface area contributed by atoms with E-state index in [1.54, 1.807) is 0 Å². The average molecular weight is 187 g/mol. The van der Waals surface area contributed by atoms with Gasteiger partial charge in [-0.3, -0.25) is 4.79 Å². The minimum Gasteiger partial charge on any atom is -0.481 e. The lowest BCUT2D eigenvalue weighted by atomic mass is 10.0. The van der Waals surface area contributed by atoms with Crippen LogP contribution in [0.5, 0.6) is 0 Å². The van der Waals surface area contributed by atoms with Gasteiger partial charge in [0.05, 0.1) is 6.61 Å². The summed E-state index contributed by atoms with van der Waals surface area (Å²) in [6.07, 6.45) is 2.13. The number of aliphatic carboxylic acids is 1. The van der Waals surface area contributed by atoms with E-state index in [1.165, 1.54) is 0 Å². The third-order valence-corrected chi connectivity index (χ3v) is 2.55. The molecular weight excluding hydrogens is 170 g/mol. The maximum atomic E-state index is 10.3. The van der Waals surface area contributed by atoms with E-state index in [0.717, 1.165) is 32.5 Å². The molecule has 0 radical (unpaired) electrons. The smallest absolute Gasteiger partial charge is 0.303 e. The lowest BCUT2D eigenvalue weighted by molar-refractivity contribution is -0.137. The molecule has 1 aliphatic rings. The third kappa shape index (κ3) is 3.74. The molecule has 13 heavy (non-hydrogen) atoms. The van der Waals surface area contributed by atoms with Crippen molar-refractivity contribution in [2.45, 2.75) is 19.3 Å². The number of hydrogen-bond acceptors (Lipinski definition) is 3. The second-order valence-corrected chi connectivity index (χ2v) is 3.61. The Kier molecular flexibility index (Phi) is 4.18. The number of aliphatic hydroxyl groups excluding tert-OH is 1. The molecule has 4 nitrogen and oxygen atoms in total. The Morgan fingerprint density at radius 3 is 2.92 bits per heavy atom. The third-order valence-electron chi connectivity index (χ3n) is 2.55. The van der Waals surface area contributed by atoms with Crippen LogP contribution in [0.3, 0.4) is 0 Å². The first-order valence-electron chi connectivity index (χ1n) is 4.77. The number of nitrogens with zero attached hydrogens (tertiary/aromatic N) is 1. The number of likely N-dealkylation sites (tertiary alicyclic amines) is 1. The zero-order chi connectivity index (χ0) is 9.68. The molecule has 1 rings (SSSR count). The summed E-state index contributed by atoms with van der Waals surface area (Å²) in [5.41, 5.74) is 0. The zero-order valence-electron chi connectivity index (χ0n) is 7.78. The van der Waals surface area contributed by atoms with Crippen molar-refractivity contribution in [3.05, 3.63) is 0 Å². The van der Waals surface area contributed by atoms with E-state index in [4.69, 9.17) is 10.2 Å². The summed E-state index contributed by atoms with van der Waals surface area (Å²) in [6.45, 7) is 2.88. The zero-order valence-corrected chi connectivity index (χ0v) is 7.78. The van der Waals surface area contributed by atoms with Crippen LogP contribution in [0.15, 0.2) is 0 Å². The molecule has 0 saturated carbocycles. The fourth-order valence-corrected chi connectivity index (χ4v) is 1.82.